The summed E-state index contributed by atoms with van der Waals surface area (Å²) in [6.45, 7) is 10.9. The molecule has 0 radical (unpaired) electrons. The average Bonchev–Trinajstić information content (AvgIpc) is 3.38. The third-order valence-electron chi connectivity index (χ3n) is 15.3. The van der Waals surface area contributed by atoms with Crippen molar-refractivity contribution in [1.29, 1.82) is 0 Å². The molecular weight excluding hydrogens is 580 g/mol. The van der Waals surface area contributed by atoms with E-state index >= 15 is 0 Å². The van der Waals surface area contributed by atoms with E-state index in [0.717, 1.165) is 56.1 Å². The van der Waals surface area contributed by atoms with Gasteiger partial charge in [0.15, 0.2) is 0 Å². The summed E-state index contributed by atoms with van der Waals surface area (Å²) in [6.07, 6.45) is 12.9. The van der Waals surface area contributed by atoms with Crippen molar-refractivity contribution in [2.24, 2.45) is 51.2 Å². The van der Waals surface area contributed by atoms with Crippen LogP contribution in [0.5, 0.6) is 0 Å². The molecule has 0 amide bonds. The van der Waals surface area contributed by atoms with E-state index in [1.165, 1.54) is 11.1 Å². The van der Waals surface area contributed by atoms with E-state index < -0.39 is 35.9 Å². The van der Waals surface area contributed by atoms with Crippen LogP contribution >= 0.6 is 0 Å². The minimum absolute atomic E-state index is 0.0406. The van der Waals surface area contributed by atoms with Gasteiger partial charge in [-0.2, -0.15) is 0 Å². The molecule has 0 aromatic carbocycles. The molecule has 4 fully saturated rings. The summed E-state index contributed by atoms with van der Waals surface area (Å²) in [7, 11) is 0. The second-order valence-corrected chi connectivity index (χ2v) is 17.7. The lowest BCUT2D eigenvalue weighted by molar-refractivity contribution is -0.0321. The lowest BCUT2D eigenvalue weighted by Crippen LogP contribution is -2.50. The molecule has 0 aliphatic heterocycles. The second-order valence-electron chi connectivity index (χ2n) is 17.7. The topological polar surface area (TPSA) is 142 Å². The number of aliphatic hydroxyl groups excluding tert-OH is 7. The summed E-state index contributed by atoms with van der Waals surface area (Å²) in [5, 5.41) is 73.1. The predicted molar refractivity (Wildman–Crippen MR) is 176 cm³/mol. The van der Waals surface area contributed by atoms with Crippen molar-refractivity contribution in [3.8, 4) is 0 Å². The molecule has 256 valence electrons. The molecule has 16 atom stereocenters. The summed E-state index contributed by atoms with van der Waals surface area (Å²) < 4.78 is 0. The minimum atomic E-state index is -0.729. The molecule has 8 aliphatic carbocycles. The summed E-state index contributed by atoms with van der Waals surface area (Å²) in [5.41, 5.74) is 4.22. The largest absolute Gasteiger partial charge is 0.392 e. The molecule has 7 heteroatoms. The van der Waals surface area contributed by atoms with Gasteiger partial charge in [-0.15, -0.1) is 0 Å². The highest BCUT2D eigenvalue weighted by Crippen LogP contribution is 2.64. The fraction of sp³-hybridized carbons (Fsp3) is 0.795. The lowest BCUT2D eigenvalue weighted by atomic mass is 9.50. The van der Waals surface area contributed by atoms with Crippen molar-refractivity contribution in [2.45, 2.75) is 142 Å². The van der Waals surface area contributed by atoms with E-state index in [9.17, 15) is 35.7 Å². The molecular formula is C39H58O7. The molecule has 2 unspecified atom stereocenters. The molecule has 4 saturated carbocycles. The maximum Gasteiger partial charge on any atom is 0.0892 e. The standard InChI is InChI=1S/C20H30O3.C19H28O4/c1-11-8-15-17-14(5-7-20(15,3)18(11)23)19(2)6-4-13(21)9-12(19)10-16(17)22;1-18-5-3-11(20)7-10(18)8-14(21)16-12(18)4-6-19(2)13(16)9-15(22)17(19)23/h4,6,11-14,16,18,21-23H,5,7-10H2,1-3H3;3,5,10-12,14-15,17,20-23H,4,6-9H2,1-2H3/t11-,12-,13+,14?,16+,18+,19+,20+;10-,11+,12?,14+,15-,17+,18+,19+/m11/s1. The minimum Gasteiger partial charge on any atom is -0.392 e. The fourth-order valence-electron chi connectivity index (χ4n) is 12.4. The van der Waals surface area contributed by atoms with E-state index in [4.69, 9.17) is 0 Å². The molecule has 46 heavy (non-hydrogen) atoms. The highest BCUT2D eigenvalue weighted by Gasteiger charge is 2.59. The molecule has 0 heterocycles. The van der Waals surface area contributed by atoms with Crippen molar-refractivity contribution in [3.05, 3.63) is 46.6 Å². The van der Waals surface area contributed by atoms with Gasteiger partial charge in [0.05, 0.1) is 42.7 Å². The molecule has 7 N–H and O–H groups in total. The van der Waals surface area contributed by atoms with Gasteiger partial charge in [0.2, 0.25) is 0 Å². The van der Waals surface area contributed by atoms with Crippen LogP contribution in [0.25, 0.3) is 0 Å². The number of hydrogen-bond acceptors (Lipinski definition) is 7. The zero-order chi connectivity index (χ0) is 33.1. The Labute approximate surface area is 274 Å². The van der Waals surface area contributed by atoms with Gasteiger partial charge in [-0.1, -0.05) is 70.1 Å². The van der Waals surface area contributed by atoms with Crippen molar-refractivity contribution in [2.75, 3.05) is 0 Å². The first-order valence-electron chi connectivity index (χ1n) is 18.2. The van der Waals surface area contributed by atoms with Crippen LogP contribution in [0.1, 0.15) is 98.8 Å². The van der Waals surface area contributed by atoms with E-state index in [-0.39, 0.29) is 46.2 Å². The first-order valence-corrected chi connectivity index (χ1v) is 18.2. The normalized spacial score (nSPS) is 55.4. The Morgan fingerprint density at radius 1 is 0.587 bits per heavy atom. The van der Waals surface area contributed by atoms with Crippen LogP contribution in [0.2, 0.25) is 0 Å². The molecule has 8 rings (SSSR count). The Balaban J connectivity index is 0.000000147. The monoisotopic (exact) mass is 638 g/mol. The zero-order valence-electron chi connectivity index (χ0n) is 28.4. The summed E-state index contributed by atoms with van der Waals surface area (Å²) in [5.74, 6) is 1.52. The number of hydrogen-bond donors (Lipinski definition) is 7. The molecule has 7 nitrogen and oxygen atoms in total. The first kappa shape index (κ1) is 33.2. The Kier molecular flexibility index (Phi) is 8.01. The Bertz CT molecular complexity index is 1260. The SMILES string of the molecule is C[C@@H]1CC2=C3C(CC[C@]2(C)[C@H]1O)[C@@]1(C)C=C[C@H](O)C[C@@H]1C[C@@H]3O.C[C@]12CCC3C(=C1C[C@@H](O)[C@@H]2O)[C@@H](O)C[C@H]1C[C@@H](O)C=C[C@]31C. The number of allylic oxidation sites excluding steroid dienone is 2. The molecule has 0 spiro atoms. The van der Waals surface area contributed by atoms with Gasteiger partial charge < -0.3 is 35.7 Å². The van der Waals surface area contributed by atoms with Crippen LogP contribution in [-0.2, 0) is 0 Å². The number of fused-ring (bicyclic) bond motifs is 8. The van der Waals surface area contributed by atoms with Crippen LogP contribution in [0.3, 0.4) is 0 Å². The quantitative estimate of drug-likeness (QED) is 0.196. The van der Waals surface area contributed by atoms with Crippen molar-refractivity contribution >= 4 is 0 Å². The van der Waals surface area contributed by atoms with Crippen LogP contribution < -0.4 is 0 Å². The predicted octanol–water partition coefficient (Wildman–Crippen LogP) is 4.34. The van der Waals surface area contributed by atoms with Gasteiger partial charge in [0, 0.05) is 10.8 Å². The molecule has 8 aliphatic rings. The summed E-state index contributed by atoms with van der Waals surface area (Å²) >= 11 is 0. The number of aliphatic hydroxyl groups is 7. The average molecular weight is 639 g/mol. The second kappa shape index (κ2) is 11.1. The van der Waals surface area contributed by atoms with E-state index in [1.54, 1.807) is 0 Å². The highest BCUT2D eigenvalue weighted by atomic mass is 16.3. The fourth-order valence-corrected chi connectivity index (χ4v) is 12.4. The van der Waals surface area contributed by atoms with Gasteiger partial charge in [0.25, 0.3) is 0 Å². The van der Waals surface area contributed by atoms with Crippen LogP contribution in [0, 0.1) is 51.2 Å². The molecule has 0 bridgehead atoms. The molecule has 0 saturated heterocycles. The van der Waals surface area contributed by atoms with Gasteiger partial charge in [-0.25, -0.2) is 0 Å². The van der Waals surface area contributed by atoms with Crippen molar-refractivity contribution in [1.82, 2.24) is 0 Å². The van der Waals surface area contributed by atoms with Gasteiger partial charge in [0.1, 0.15) is 0 Å². The van der Waals surface area contributed by atoms with Gasteiger partial charge in [-0.3, -0.25) is 0 Å². The third kappa shape index (κ3) is 4.62. The maximum absolute atomic E-state index is 10.9. The third-order valence-corrected chi connectivity index (χ3v) is 15.3. The van der Waals surface area contributed by atoms with E-state index in [0.29, 0.717) is 31.1 Å². The summed E-state index contributed by atoms with van der Waals surface area (Å²) in [6, 6.07) is 0. The Morgan fingerprint density at radius 3 is 1.50 bits per heavy atom. The lowest BCUT2D eigenvalue weighted by Gasteiger charge is -2.55. The first-order chi connectivity index (χ1) is 21.5. The zero-order valence-corrected chi connectivity index (χ0v) is 28.4. The van der Waals surface area contributed by atoms with Crippen LogP contribution in [0.15, 0.2) is 46.6 Å². The Hall–Kier alpha value is -1.32. The summed E-state index contributed by atoms with van der Waals surface area (Å²) in [4.78, 5) is 0. The van der Waals surface area contributed by atoms with Crippen molar-refractivity contribution in [3.63, 3.8) is 0 Å². The van der Waals surface area contributed by atoms with E-state index in [1.807, 2.05) is 19.1 Å². The smallest absolute Gasteiger partial charge is 0.0892 e. The van der Waals surface area contributed by atoms with Crippen LogP contribution in [-0.4, -0.2) is 78.5 Å². The van der Waals surface area contributed by atoms with Gasteiger partial charge in [-0.05, 0) is 116 Å². The van der Waals surface area contributed by atoms with E-state index in [2.05, 4.69) is 39.8 Å². The highest BCUT2D eigenvalue weighted by molar-refractivity contribution is 5.41. The maximum atomic E-state index is 10.9. The van der Waals surface area contributed by atoms with Gasteiger partial charge >= 0.3 is 0 Å². The number of rotatable bonds is 0. The Morgan fingerprint density at radius 2 is 1.02 bits per heavy atom. The van der Waals surface area contributed by atoms with Crippen molar-refractivity contribution < 1.29 is 35.7 Å². The van der Waals surface area contributed by atoms with Crippen LogP contribution in [0.4, 0.5) is 0 Å². The molecule has 0 aromatic heterocycles. The molecule has 0 aromatic rings.